The van der Waals surface area contributed by atoms with Gasteiger partial charge in [-0.1, -0.05) is 0 Å². The summed E-state index contributed by atoms with van der Waals surface area (Å²) in [7, 11) is -11.1. The van der Waals surface area contributed by atoms with Crippen molar-refractivity contribution in [3.05, 3.63) is 33.1 Å². The van der Waals surface area contributed by atoms with Crippen molar-refractivity contribution >= 4 is 21.6 Å². The minimum Gasteiger partial charge on any atom is -0.394 e. The van der Waals surface area contributed by atoms with Gasteiger partial charge in [-0.15, -0.1) is 0 Å². The maximum Gasteiger partial charge on any atom is 0.483 e. The summed E-state index contributed by atoms with van der Waals surface area (Å²) in [6, 6.07) is -0.660. The number of hydrogen-bond acceptors (Lipinski definition) is 15. The standard InChI is InChI=1S/C17H30N4O16P2/c1-8(23)19-13-15(27)14(26)10(4-18)35-16(13)36-39(31,32)37-38(29,30)34-6-11(9(24)5-22)33-7-21-3-2-12(25)20-17(21)28/h2-3,9-11,13-16,22,24,26-27H,4-7,18H2,1H3,(H,19,23)(H,29,30)(H,31,32)(H,20,25,28)/t9?,10?,11-,13?,14-,15?,16-/m1/s1. The molecule has 0 bridgehead atoms. The van der Waals surface area contributed by atoms with Gasteiger partial charge in [-0.3, -0.25) is 28.2 Å². The number of hydrogen-bond donors (Lipinski definition) is 9. The largest absolute Gasteiger partial charge is 0.483 e. The molecular formula is C17H30N4O16P2. The number of aromatic amines is 1. The molecule has 10 N–H and O–H groups in total. The van der Waals surface area contributed by atoms with Crippen LogP contribution in [-0.4, -0.2) is 108 Å². The Morgan fingerprint density at radius 2 is 1.92 bits per heavy atom. The van der Waals surface area contributed by atoms with Gasteiger partial charge in [0.25, 0.3) is 5.56 Å². The normalized spacial score (nSPS) is 28.2. The number of rotatable bonds is 14. The van der Waals surface area contributed by atoms with Crippen molar-refractivity contribution in [3.63, 3.8) is 0 Å². The second-order valence-corrected chi connectivity index (χ2v) is 11.1. The molecule has 1 aromatic rings. The van der Waals surface area contributed by atoms with E-state index >= 15 is 0 Å². The number of nitrogens with one attached hydrogen (secondary N) is 2. The molecule has 22 heteroatoms. The smallest absolute Gasteiger partial charge is 0.394 e. The van der Waals surface area contributed by atoms with Gasteiger partial charge < -0.3 is 50.7 Å². The van der Waals surface area contributed by atoms with Gasteiger partial charge >= 0.3 is 21.3 Å². The van der Waals surface area contributed by atoms with E-state index in [4.69, 9.17) is 19.7 Å². The molecular weight excluding hydrogens is 578 g/mol. The van der Waals surface area contributed by atoms with Gasteiger partial charge in [-0.2, -0.15) is 4.31 Å². The van der Waals surface area contributed by atoms with Crippen LogP contribution in [0.15, 0.2) is 21.9 Å². The zero-order chi connectivity index (χ0) is 29.5. The molecule has 1 amide bonds. The van der Waals surface area contributed by atoms with Crippen molar-refractivity contribution in [1.82, 2.24) is 14.9 Å². The Morgan fingerprint density at radius 1 is 1.26 bits per heavy atom. The summed E-state index contributed by atoms with van der Waals surface area (Å²) in [5.74, 6) is -0.767. The van der Waals surface area contributed by atoms with Gasteiger partial charge in [0, 0.05) is 25.7 Å². The molecule has 1 aromatic heterocycles. The third kappa shape index (κ3) is 9.92. The Morgan fingerprint density at radius 3 is 2.49 bits per heavy atom. The monoisotopic (exact) mass is 608 g/mol. The molecule has 2 rings (SSSR count). The molecule has 1 saturated heterocycles. The molecule has 0 saturated carbocycles. The topological polar surface area (TPSA) is 312 Å². The SMILES string of the molecule is CC(=O)NC1C(O)[C@H](O)C(CN)O[C@@H]1O[P@@](=O)(O)O[P@@](=O)(O)OC[C@@H](OCn1ccc(=O)[nH]c1=O)C(O)CO. The predicted molar refractivity (Wildman–Crippen MR) is 124 cm³/mol. The quantitative estimate of drug-likeness (QED) is 0.0897. The Labute approximate surface area is 219 Å². The highest BCUT2D eigenvalue weighted by atomic mass is 31.3. The molecule has 2 heterocycles. The Balaban J connectivity index is 2.08. The fourth-order valence-corrected chi connectivity index (χ4v) is 5.35. The molecule has 20 nitrogen and oxygen atoms in total. The molecule has 0 aromatic carbocycles. The van der Waals surface area contributed by atoms with Crippen LogP contribution < -0.4 is 22.3 Å². The predicted octanol–water partition coefficient (Wildman–Crippen LogP) is -4.61. The summed E-state index contributed by atoms with van der Waals surface area (Å²) in [4.78, 5) is 56.2. The first kappa shape index (κ1) is 33.3. The molecule has 0 aliphatic carbocycles. The van der Waals surface area contributed by atoms with Crippen molar-refractivity contribution in [2.75, 3.05) is 19.8 Å². The van der Waals surface area contributed by atoms with Crippen LogP contribution in [0.1, 0.15) is 6.92 Å². The highest BCUT2D eigenvalue weighted by Gasteiger charge is 2.49. The minimum absolute atomic E-state index is 0.400. The number of carbonyl (C=O) groups excluding carboxylic acids is 1. The lowest BCUT2D eigenvalue weighted by Gasteiger charge is -2.42. The summed E-state index contributed by atoms with van der Waals surface area (Å²) in [6.07, 6.45) is -9.08. The highest BCUT2D eigenvalue weighted by Crippen LogP contribution is 2.61. The minimum atomic E-state index is -5.59. The lowest BCUT2D eigenvalue weighted by atomic mass is 9.97. The van der Waals surface area contributed by atoms with Crippen LogP contribution in [0.2, 0.25) is 0 Å². The molecule has 1 fully saturated rings. The average Bonchev–Trinajstić information content (AvgIpc) is 2.83. The molecule has 224 valence electrons. The van der Waals surface area contributed by atoms with Gasteiger partial charge in [0.15, 0.2) is 6.29 Å². The van der Waals surface area contributed by atoms with Crippen LogP contribution in [0.5, 0.6) is 0 Å². The van der Waals surface area contributed by atoms with Crippen LogP contribution in [0, 0.1) is 0 Å². The summed E-state index contributed by atoms with van der Waals surface area (Å²) < 4.78 is 49.5. The van der Waals surface area contributed by atoms with E-state index in [1.807, 2.05) is 4.98 Å². The number of aromatic nitrogens is 2. The van der Waals surface area contributed by atoms with Gasteiger partial charge in [0.05, 0.1) is 13.2 Å². The van der Waals surface area contributed by atoms with Crippen molar-refractivity contribution in [3.8, 4) is 0 Å². The summed E-state index contributed by atoms with van der Waals surface area (Å²) in [5.41, 5.74) is 3.82. The van der Waals surface area contributed by atoms with E-state index in [2.05, 4.69) is 14.2 Å². The fraction of sp³-hybridized carbons (Fsp3) is 0.706. The Hall–Kier alpha value is -1.87. The van der Waals surface area contributed by atoms with E-state index in [0.717, 1.165) is 23.8 Å². The van der Waals surface area contributed by atoms with E-state index in [-0.39, 0.29) is 0 Å². The Bertz CT molecular complexity index is 1180. The molecule has 39 heavy (non-hydrogen) atoms. The van der Waals surface area contributed by atoms with Gasteiger partial charge in [0.1, 0.15) is 43.3 Å². The number of H-pyrrole nitrogens is 1. The molecule has 1 aliphatic heterocycles. The van der Waals surface area contributed by atoms with E-state index in [1.165, 1.54) is 0 Å². The number of nitrogens with two attached hydrogens (primary N) is 1. The molecule has 1 aliphatic rings. The second kappa shape index (κ2) is 14.2. The number of carbonyl (C=O) groups is 1. The van der Waals surface area contributed by atoms with Crippen LogP contribution in [-0.2, 0) is 43.5 Å². The highest BCUT2D eigenvalue weighted by molar-refractivity contribution is 7.61. The van der Waals surface area contributed by atoms with Crippen LogP contribution in [0.3, 0.4) is 0 Å². The van der Waals surface area contributed by atoms with E-state index in [9.17, 15) is 53.7 Å². The van der Waals surface area contributed by atoms with Gasteiger partial charge in [0.2, 0.25) is 5.91 Å². The number of amides is 1. The van der Waals surface area contributed by atoms with Crippen molar-refractivity contribution < 1.29 is 67.0 Å². The van der Waals surface area contributed by atoms with Gasteiger partial charge in [-0.25, -0.2) is 13.9 Å². The third-order valence-electron chi connectivity index (χ3n) is 5.09. The first-order valence-corrected chi connectivity index (χ1v) is 14.0. The van der Waals surface area contributed by atoms with Crippen molar-refractivity contribution in [2.24, 2.45) is 5.73 Å². The van der Waals surface area contributed by atoms with Crippen molar-refractivity contribution in [1.29, 1.82) is 0 Å². The lowest BCUT2D eigenvalue weighted by molar-refractivity contribution is -0.238. The molecule has 9 atom stereocenters. The summed E-state index contributed by atoms with van der Waals surface area (Å²) in [5, 5.41) is 41.5. The number of phosphoric acid groups is 2. The number of ether oxygens (including phenoxy) is 2. The lowest BCUT2D eigenvalue weighted by Crippen LogP contribution is -2.64. The summed E-state index contributed by atoms with van der Waals surface area (Å²) >= 11 is 0. The number of aliphatic hydroxyl groups is 4. The molecule has 0 radical (unpaired) electrons. The zero-order valence-electron chi connectivity index (χ0n) is 20.2. The van der Waals surface area contributed by atoms with Crippen LogP contribution >= 0.6 is 15.6 Å². The van der Waals surface area contributed by atoms with E-state index in [0.29, 0.717) is 0 Å². The first-order valence-electron chi connectivity index (χ1n) is 11.0. The Kier molecular flexibility index (Phi) is 12.1. The first-order chi connectivity index (χ1) is 18.1. The number of aliphatic hydroxyl groups excluding tert-OH is 4. The zero-order valence-corrected chi connectivity index (χ0v) is 22.0. The van der Waals surface area contributed by atoms with E-state index < -0.39 is 102 Å². The van der Waals surface area contributed by atoms with Crippen molar-refractivity contribution in [2.45, 2.75) is 56.5 Å². The van der Waals surface area contributed by atoms with Gasteiger partial charge in [-0.05, 0) is 0 Å². The third-order valence-corrected chi connectivity index (χ3v) is 7.69. The fourth-order valence-electron chi connectivity index (χ4n) is 3.19. The average molecular weight is 608 g/mol. The maximum atomic E-state index is 12.5. The van der Waals surface area contributed by atoms with Crippen LogP contribution in [0.25, 0.3) is 0 Å². The second-order valence-electron chi connectivity index (χ2n) is 8.07. The molecule has 0 spiro atoms. The maximum absolute atomic E-state index is 12.5. The van der Waals surface area contributed by atoms with Crippen LogP contribution in [0.4, 0.5) is 0 Å². The molecule has 4 unspecified atom stereocenters. The number of phosphoric ester groups is 2. The number of nitrogens with zero attached hydrogens (tertiary/aromatic N) is 1. The summed E-state index contributed by atoms with van der Waals surface area (Å²) in [6.45, 7) is -1.99. The van der Waals surface area contributed by atoms with E-state index in [1.54, 1.807) is 0 Å².